The molecule has 0 radical (unpaired) electrons. The quantitative estimate of drug-likeness (QED) is 0.401. The van der Waals surface area contributed by atoms with Crippen LogP contribution in [0.1, 0.15) is 18.7 Å². The van der Waals surface area contributed by atoms with Crippen LogP contribution in [0.3, 0.4) is 0 Å². The van der Waals surface area contributed by atoms with Gasteiger partial charge in [0.1, 0.15) is 12.2 Å². The van der Waals surface area contributed by atoms with E-state index in [0.29, 0.717) is 34.1 Å². The normalized spacial score (nSPS) is 24.0. The van der Waals surface area contributed by atoms with Gasteiger partial charge in [-0.1, -0.05) is 0 Å². The molecule has 13 heteroatoms. The number of alkyl halides is 1. The number of nitrogens with two attached hydrogens (primary N) is 1. The van der Waals surface area contributed by atoms with Crippen LogP contribution in [0.4, 0.5) is 16.2 Å². The van der Waals surface area contributed by atoms with Crippen LogP contribution in [0.2, 0.25) is 0 Å². The largest absolute Gasteiger partial charge is 0.493 e. The van der Waals surface area contributed by atoms with E-state index in [0.717, 1.165) is 0 Å². The average Bonchev–Trinajstić information content (AvgIpc) is 3.38. The van der Waals surface area contributed by atoms with Crippen LogP contribution >= 0.6 is 0 Å². The SMILES string of the molecule is CNc1nc(N)nc2c1ncn2[C@@H]1O[C@H](CO)[C@@H](OCc2cc(OC)c(OC)c(OC)c2)[C@@]1(C)F. The van der Waals surface area contributed by atoms with E-state index in [1.807, 2.05) is 0 Å². The Morgan fingerprint density at radius 1 is 1.20 bits per heavy atom. The van der Waals surface area contributed by atoms with Crippen molar-refractivity contribution in [1.29, 1.82) is 0 Å². The molecule has 1 saturated heterocycles. The van der Waals surface area contributed by atoms with Crippen molar-refractivity contribution in [3.05, 3.63) is 24.0 Å². The molecular weight excluding hydrogens is 463 g/mol. The summed E-state index contributed by atoms with van der Waals surface area (Å²) in [6, 6.07) is 3.42. The van der Waals surface area contributed by atoms with Gasteiger partial charge in [0, 0.05) is 7.05 Å². The topological polar surface area (TPSA) is 148 Å². The highest BCUT2D eigenvalue weighted by molar-refractivity contribution is 5.84. The zero-order valence-electron chi connectivity index (χ0n) is 20.1. The molecule has 4 N–H and O–H groups in total. The maximum atomic E-state index is 16.3. The Balaban J connectivity index is 1.63. The van der Waals surface area contributed by atoms with Crippen molar-refractivity contribution in [3.63, 3.8) is 0 Å². The summed E-state index contributed by atoms with van der Waals surface area (Å²) in [5.41, 5.74) is 5.11. The van der Waals surface area contributed by atoms with E-state index in [1.54, 1.807) is 19.2 Å². The maximum absolute atomic E-state index is 16.3. The number of methoxy groups -OCH3 is 3. The molecule has 1 aliphatic rings. The van der Waals surface area contributed by atoms with Gasteiger partial charge in [-0.3, -0.25) is 4.57 Å². The van der Waals surface area contributed by atoms with E-state index < -0.39 is 30.7 Å². The molecule has 4 atom stereocenters. The van der Waals surface area contributed by atoms with Crippen LogP contribution in [0, 0.1) is 0 Å². The van der Waals surface area contributed by atoms with Crippen molar-refractivity contribution in [2.24, 2.45) is 0 Å². The molecule has 0 spiro atoms. The number of aromatic nitrogens is 4. The third kappa shape index (κ3) is 4.26. The highest BCUT2D eigenvalue weighted by atomic mass is 19.1. The highest BCUT2D eigenvalue weighted by Crippen LogP contribution is 2.45. The van der Waals surface area contributed by atoms with Gasteiger partial charge in [0.15, 0.2) is 40.4 Å². The van der Waals surface area contributed by atoms with Crippen molar-refractivity contribution in [2.75, 3.05) is 46.0 Å². The monoisotopic (exact) mass is 492 g/mol. The lowest BCUT2D eigenvalue weighted by atomic mass is 9.98. The number of imidazole rings is 1. The number of aliphatic hydroxyl groups excluding tert-OH is 1. The number of nitrogens with zero attached hydrogens (tertiary/aromatic N) is 4. The highest BCUT2D eigenvalue weighted by Gasteiger charge is 2.56. The molecule has 3 aromatic rings. The number of nitrogen functional groups attached to an aromatic ring is 1. The van der Waals surface area contributed by atoms with Gasteiger partial charge in [-0.15, -0.1) is 0 Å². The number of fused-ring (bicyclic) bond motifs is 1. The Kier molecular flexibility index (Phi) is 6.83. The lowest BCUT2D eigenvalue weighted by molar-refractivity contribution is -0.0676. The third-order valence-corrected chi connectivity index (χ3v) is 5.94. The number of hydrogen-bond acceptors (Lipinski definition) is 11. The van der Waals surface area contributed by atoms with Gasteiger partial charge in [-0.25, -0.2) is 9.37 Å². The number of nitrogens with one attached hydrogen (secondary N) is 1. The standard InChI is InChI=1S/C22H29FN6O6/c1-22(23)17(34-9-11-6-12(31-3)16(33-5)13(7-11)32-4)14(8-30)35-20(22)29-10-26-15-18(25-2)27-21(24)28-19(15)29/h6-7,10,14,17,20,30H,8-9H2,1-5H3,(H3,24,25,27,28)/t14-,17-,20-,22-/m1/s1. The molecule has 35 heavy (non-hydrogen) atoms. The fourth-order valence-electron chi connectivity index (χ4n) is 4.30. The molecular formula is C22H29FN6O6. The van der Waals surface area contributed by atoms with E-state index in [-0.39, 0.29) is 18.2 Å². The molecule has 0 bridgehead atoms. The summed E-state index contributed by atoms with van der Waals surface area (Å²) in [6.45, 7) is 0.890. The van der Waals surface area contributed by atoms with E-state index in [2.05, 4.69) is 20.3 Å². The first kappa shape index (κ1) is 24.7. The number of benzene rings is 1. The molecule has 0 aliphatic carbocycles. The van der Waals surface area contributed by atoms with Crippen LogP contribution in [0.15, 0.2) is 18.5 Å². The van der Waals surface area contributed by atoms with Gasteiger partial charge in [-0.05, 0) is 24.6 Å². The van der Waals surface area contributed by atoms with E-state index in [1.165, 1.54) is 39.1 Å². The molecule has 0 unspecified atom stereocenters. The fraction of sp³-hybridized carbons (Fsp3) is 0.500. The second-order valence-electron chi connectivity index (χ2n) is 8.13. The Morgan fingerprint density at radius 3 is 2.46 bits per heavy atom. The Labute approximate surface area is 201 Å². The maximum Gasteiger partial charge on any atom is 0.224 e. The number of rotatable bonds is 9. The number of ether oxygens (including phenoxy) is 5. The Bertz CT molecular complexity index is 1180. The lowest BCUT2D eigenvalue weighted by Crippen LogP contribution is -2.42. The van der Waals surface area contributed by atoms with Gasteiger partial charge < -0.3 is 39.8 Å². The van der Waals surface area contributed by atoms with Crippen molar-refractivity contribution in [1.82, 2.24) is 19.5 Å². The lowest BCUT2D eigenvalue weighted by Gasteiger charge is -2.28. The minimum absolute atomic E-state index is 0.00281. The molecule has 190 valence electrons. The minimum atomic E-state index is -2.07. The summed E-state index contributed by atoms with van der Waals surface area (Å²) in [4.78, 5) is 12.6. The van der Waals surface area contributed by atoms with E-state index in [9.17, 15) is 5.11 Å². The van der Waals surface area contributed by atoms with E-state index in [4.69, 9.17) is 29.4 Å². The van der Waals surface area contributed by atoms with Crippen molar-refractivity contribution < 1.29 is 33.2 Å². The molecule has 0 saturated carbocycles. The van der Waals surface area contributed by atoms with Gasteiger partial charge in [0.2, 0.25) is 11.7 Å². The molecule has 0 amide bonds. The summed E-state index contributed by atoms with van der Waals surface area (Å²) in [7, 11) is 6.18. The van der Waals surface area contributed by atoms with Crippen LogP contribution in [-0.4, -0.2) is 77.5 Å². The summed E-state index contributed by atoms with van der Waals surface area (Å²) in [5, 5.41) is 12.8. The summed E-state index contributed by atoms with van der Waals surface area (Å²) in [5.74, 6) is 1.71. The number of halogens is 1. The molecule has 1 fully saturated rings. The molecule has 2 aromatic heterocycles. The van der Waals surface area contributed by atoms with Crippen LogP contribution in [-0.2, 0) is 16.1 Å². The second kappa shape index (κ2) is 9.68. The zero-order chi connectivity index (χ0) is 25.3. The van der Waals surface area contributed by atoms with Crippen molar-refractivity contribution in [3.8, 4) is 17.2 Å². The summed E-state index contributed by atoms with van der Waals surface area (Å²) >= 11 is 0. The molecule has 4 rings (SSSR count). The molecule has 1 aromatic carbocycles. The number of aliphatic hydroxyl groups is 1. The van der Waals surface area contributed by atoms with Crippen LogP contribution < -0.4 is 25.3 Å². The van der Waals surface area contributed by atoms with Gasteiger partial charge in [0.05, 0.1) is 40.9 Å². The first-order valence-corrected chi connectivity index (χ1v) is 10.8. The average molecular weight is 493 g/mol. The van der Waals surface area contributed by atoms with Crippen LogP contribution in [0.5, 0.6) is 17.2 Å². The summed E-state index contributed by atoms with van der Waals surface area (Å²) < 4.78 is 45.7. The van der Waals surface area contributed by atoms with Crippen molar-refractivity contribution in [2.45, 2.75) is 37.6 Å². The molecule has 3 heterocycles. The molecule has 12 nitrogen and oxygen atoms in total. The van der Waals surface area contributed by atoms with Crippen LogP contribution in [0.25, 0.3) is 11.2 Å². The van der Waals surface area contributed by atoms with Gasteiger partial charge >= 0.3 is 0 Å². The first-order valence-electron chi connectivity index (χ1n) is 10.8. The molecule has 1 aliphatic heterocycles. The Hall–Kier alpha value is -3.42. The van der Waals surface area contributed by atoms with Crippen molar-refractivity contribution >= 4 is 22.9 Å². The third-order valence-electron chi connectivity index (χ3n) is 5.94. The number of anilines is 2. The van der Waals surface area contributed by atoms with E-state index >= 15 is 4.39 Å². The summed E-state index contributed by atoms with van der Waals surface area (Å²) in [6.07, 6.45) is -1.85. The van der Waals surface area contributed by atoms with Gasteiger partial charge in [0.25, 0.3) is 0 Å². The predicted octanol–water partition coefficient (Wildman–Crippen LogP) is 1.68. The Morgan fingerprint density at radius 2 is 1.89 bits per heavy atom. The number of hydrogen-bond donors (Lipinski definition) is 3. The van der Waals surface area contributed by atoms with Gasteiger partial charge in [-0.2, -0.15) is 9.97 Å². The minimum Gasteiger partial charge on any atom is -0.493 e. The smallest absolute Gasteiger partial charge is 0.224 e. The zero-order valence-corrected chi connectivity index (χ0v) is 20.1. The predicted molar refractivity (Wildman–Crippen MR) is 124 cm³/mol. The fourth-order valence-corrected chi connectivity index (χ4v) is 4.30. The second-order valence-corrected chi connectivity index (χ2v) is 8.13. The first-order chi connectivity index (χ1) is 16.8.